The molecule has 6 nitrogen and oxygen atoms in total. The molecule has 1 aromatic heterocycles. The van der Waals surface area contributed by atoms with Gasteiger partial charge >= 0.3 is 6.36 Å². The van der Waals surface area contributed by atoms with E-state index in [2.05, 4.69) is 9.72 Å². The summed E-state index contributed by atoms with van der Waals surface area (Å²) < 4.78 is 42.5. The zero-order valence-electron chi connectivity index (χ0n) is 14.0. The second-order valence-corrected chi connectivity index (χ2v) is 6.26. The SMILES string of the molecule is Cn1ccnc(N2CCC(O)(c3cccc(OC(F)(F)F)c3)CC2)c1=O. The number of halogens is 3. The molecule has 3 rings (SSSR count). The summed E-state index contributed by atoms with van der Waals surface area (Å²) in [5, 5.41) is 10.9. The molecule has 0 spiro atoms. The zero-order valence-corrected chi connectivity index (χ0v) is 14.0. The van der Waals surface area contributed by atoms with E-state index < -0.39 is 12.0 Å². The number of rotatable bonds is 3. The van der Waals surface area contributed by atoms with E-state index in [-0.39, 0.29) is 24.2 Å². The molecule has 0 radical (unpaired) electrons. The number of benzene rings is 1. The standard InChI is InChI=1S/C17H18F3N3O3/c1-22-10-7-21-14(15(22)24)23-8-5-16(25,6-9-23)12-3-2-4-13(11-12)26-17(18,19)20/h2-4,7,10-11,25H,5-6,8-9H2,1H3. The fourth-order valence-corrected chi connectivity index (χ4v) is 3.06. The van der Waals surface area contributed by atoms with E-state index in [1.165, 1.54) is 29.0 Å². The average molecular weight is 369 g/mol. The molecule has 9 heteroatoms. The highest BCUT2D eigenvalue weighted by atomic mass is 19.4. The van der Waals surface area contributed by atoms with Crippen LogP contribution in [0.15, 0.2) is 41.5 Å². The van der Waals surface area contributed by atoms with Crippen molar-refractivity contribution in [3.05, 3.63) is 52.6 Å². The van der Waals surface area contributed by atoms with Gasteiger partial charge < -0.3 is 19.3 Å². The normalized spacial score (nSPS) is 17.2. The highest BCUT2D eigenvalue weighted by molar-refractivity contribution is 5.39. The molecule has 1 N–H and O–H groups in total. The first-order valence-electron chi connectivity index (χ1n) is 8.03. The number of aryl methyl sites for hydroxylation is 1. The van der Waals surface area contributed by atoms with E-state index in [4.69, 9.17) is 0 Å². The average Bonchev–Trinajstić information content (AvgIpc) is 2.57. The number of nitrogens with zero attached hydrogens (tertiary/aromatic N) is 3. The first kappa shape index (κ1) is 18.2. The lowest BCUT2D eigenvalue weighted by Crippen LogP contribution is -2.45. The van der Waals surface area contributed by atoms with Crippen LogP contribution in [0.5, 0.6) is 5.75 Å². The van der Waals surface area contributed by atoms with Crippen LogP contribution in [0, 0.1) is 0 Å². The molecule has 140 valence electrons. The van der Waals surface area contributed by atoms with Crippen LogP contribution >= 0.6 is 0 Å². The van der Waals surface area contributed by atoms with E-state index in [0.717, 1.165) is 0 Å². The Kier molecular flexibility index (Phi) is 4.66. The van der Waals surface area contributed by atoms with Gasteiger partial charge in [-0.25, -0.2) is 4.98 Å². The van der Waals surface area contributed by atoms with Gasteiger partial charge in [-0.05, 0) is 30.5 Å². The van der Waals surface area contributed by atoms with Crippen LogP contribution in [0.25, 0.3) is 0 Å². The van der Waals surface area contributed by atoms with Crippen molar-refractivity contribution in [3.63, 3.8) is 0 Å². The van der Waals surface area contributed by atoms with E-state index >= 15 is 0 Å². The Balaban J connectivity index is 1.77. The first-order chi connectivity index (χ1) is 12.2. The van der Waals surface area contributed by atoms with Gasteiger partial charge in [-0.3, -0.25) is 4.79 Å². The molecule has 0 saturated carbocycles. The number of hydrogen-bond acceptors (Lipinski definition) is 5. The Morgan fingerprint density at radius 2 is 1.96 bits per heavy atom. The van der Waals surface area contributed by atoms with Crippen molar-refractivity contribution in [2.24, 2.45) is 7.05 Å². The van der Waals surface area contributed by atoms with Crippen molar-refractivity contribution < 1.29 is 23.0 Å². The third kappa shape index (κ3) is 3.82. The van der Waals surface area contributed by atoms with Crippen LogP contribution in [0.1, 0.15) is 18.4 Å². The minimum absolute atomic E-state index is 0.237. The van der Waals surface area contributed by atoms with Crippen molar-refractivity contribution in [2.75, 3.05) is 18.0 Å². The minimum atomic E-state index is -4.79. The van der Waals surface area contributed by atoms with Gasteiger partial charge in [0.05, 0.1) is 5.60 Å². The maximum Gasteiger partial charge on any atom is 0.573 e. The number of hydrogen-bond donors (Lipinski definition) is 1. The summed E-state index contributed by atoms with van der Waals surface area (Å²) >= 11 is 0. The Morgan fingerprint density at radius 3 is 2.62 bits per heavy atom. The van der Waals surface area contributed by atoms with Gasteiger partial charge in [-0.1, -0.05) is 12.1 Å². The van der Waals surface area contributed by atoms with Crippen LogP contribution in [0.2, 0.25) is 0 Å². The van der Waals surface area contributed by atoms with Crippen LogP contribution in [0.4, 0.5) is 19.0 Å². The van der Waals surface area contributed by atoms with E-state index in [1.807, 2.05) is 0 Å². The number of aliphatic hydroxyl groups is 1. The molecule has 26 heavy (non-hydrogen) atoms. The minimum Gasteiger partial charge on any atom is -0.406 e. The molecule has 0 atom stereocenters. The predicted molar refractivity (Wildman–Crippen MR) is 87.9 cm³/mol. The van der Waals surface area contributed by atoms with Gasteiger partial charge in [-0.2, -0.15) is 0 Å². The van der Waals surface area contributed by atoms with Crippen LogP contribution in [-0.4, -0.2) is 34.1 Å². The molecule has 0 aliphatic carbocycles. The predicted octanol–water partition coefficient (Wildman–Crippen LogP) is 2.17. The Bertz CT molecular complexity index is 843. The van der Waals surface area contributed by atoms with Crippen molar-refractivity contribution in [1.29, 1.82) is 0 Å². The van der Waals surface area contributed by atoms with E-state index in [9.17, 15) is 23.1 Å². The first-order valence-corrected chi connectivity index (χ1v) is 8.03. The fraction of sp³-hybridized carbons (Fsp3) is 0.412. The molecule has 1 aromatic carbocycles. The summed E-state index contributed by atoms with van der Waals surface area (Å²) in [6.45, 7) is 0.709. The molecule has 0 unspecified atom stereocenters. The molecule has 2 aromatic rings. The van der Waals surface area contributed by atoms with Crippen molar-refractivity contribution >= 4 is 5.82 Å². The zero-order chi connectivity index (χ0) is 18.9. The summed E-state index contributed by atoms with van der Waals surface area (Å²) in [7, 11) is 1.62. The van der Waals surface area contributed by atoms with Crippen molar-refractivity contribution in [1.82, 2.24) is 9.55 Å². The second-order valence-electron chi connectivity index (χ2n) is 6.26. The quantitative estimate of drug-likeness (QED) is 0.898. The topological polar surface area (TPSA) is 67.6 Å². The summed E-state index contributed by atoms with van der Waals surface area (Å²) in [6, 6.07) is 5.37. The van der Waals surface area contributed by atoms with Crippen LogP contribution < -0.4 is 15.2 Å². The van der Waals surface area contributed by atoms with Crippen LogP contribution in [-0.2, 0) is 12.6 Å². The van der Waals surface area contributed by atoms with Crippen molar-refractivity contribution in [2.45, 2.75) is 24.8 Å². The highest BCUT2D eigenvalue weighted by Gasteiger charge is 2.36. The van der Waals surface area contributed by atoms with Gasteiger partial charge in [0.2, 0.25) is 0 Å². The molecular formula is C17H18F3N3O3. The summed E-state index contributed by atoms with van der Waals surface area (Å²) in [5.74, 6) is -0.0735. The Morgan fingerprint density at radius 1 is 1.27 bits per heavy atom. The van der Waals surface area contributed by atoms with Gasteiger partial charge in [0, 0.05) is 32.5 Å². The van der Waals surface area contributed by atoms with Gasteiger partial charge in [0.1, 0.15) is 5.75 Å². The lowest BCUT2D eigenvalue weighted by Gasteiger charge is -2.38. The van der Waals surface area contributed by atoms with Gasteiger partial charge in [0.15, 0.2) is 5.82 Å². The summed E-state index contributed by atoms with van der Waals surface area (Å²) in [4.78, 5) is 18.0. The largest absolute Gasteiger partial charge is 0.573 e. The number of piperidine rings is 1. The highest BCUT2D eigenvalue weighted by Crippen LogP contribution is 2.35. The number of anilines is 1. The third-order valence-electron chi connectivity index (χ3n) is 4.49. The molecule has 0 bridgehead atoms. The Labute approximate surface area is 147 Å². The molecular weight excluding hydrogens is 351 g/mol. The van der Waals surface area contributed by atoms with Crippen LogP contribution in [0.3, 0.4) is 0 Å². The van der Waals surface area contributed by atoms with E-state index in [1.54, 1.807) is 24.2 Å². The summed E-state index contributed by atoms with van der Waals surface area (Å²) in [5.41, 5.74) is -1.17. The smallest absolute Gasteiger partial charge is 0.406 e. The van der Waals surface area contributed by atoms with Crippen molar-refractivity contribution in [3.8, 4) is 5.75 Å². The Hall–Kier alpha value is -2.55. The molecule has 1 aliphatic rings. The molecule has 1 fully saturated rings. The molecule has 2 heterocycles. The number of ether oxygens (including phenoxy) is 1. The number of alkyl halides is 3. The lowest BCUT2D eigenvalue weighted by atomic mass is 9.84. The molecule has 0 amide bonds. The third-order valence-corrected chi connectivity index (χ3v) is 4.49. The fourth-order valence-electron chi connectivity index (χ4n) is 3.06. The maximum absolute atomic E-state index is 12.4. The molecule has 1 aliphatic heterocycles. The maximum atomic E-state index is 12.4. The van der Waals surface area contributed by atoms with E-state index in [0.29, 0.717) is 24.5 Å². The van der Waals surface area contributed by atoms with Gasteiger partial charge in [-0.15, -0.1) is 13.2 Å². The summed E-state index contributed by atoms with van der Waals surface area (Å²) in [6.07, 6.45) is -1.21. The monoisotopic (exact) mass is 369 g/mol. The lowest BCUT2D eigenvalue weighted by molar-refractivity contribution is -0.274. The van der Waals surface area contributed by atoms with Gasteiger partial charge in [0.25, 0.3) is 5.56 Å². The number of aromatic nitrogens is 2. The molecule has 1 saturated heterocycles. The second kappa shape index (κ2) is 6.64.